The van der Waals surface area contributed by atoms with Gasteiger partial charge in [-0.3, -0.25) is 14.9 Å². The molecule has 0 atom stereocenters. The number of benzene rings is 2. The van der Waals surface area contributed by atoms with Gasteiger partial charge in [0.1, 0.15) is 0 Å². The predicted octanol–water partition coefficient (Wildman–Crippen LogP) is 4.66. The summed E-state index contributed by atoms with van der Waals surface area (Å²) < 4.78 is 5.70. The molecule has 0 spiro atoms. The van der Waals surface area contributed by atoms with Crippen LogP contribution in [0.2, 0.25) is 5.02 Å². The van der Waals surface area contributed by atoms with Crippen LogP contribution in [0.3, 0.4) is 0 Å². The Bertz CT molecular complexity index is 1050. The lowest BCUT2D eigenvalue weighted by Gasteiger charge is -2.21. The first-order chi connectivity index (χ1) is 13.9. The zero-order chi connectivity index (χ0) is 21.0. The predicted molar refractivity (Wildman–Crippen MR) is 108 cm³/mol. The van der Waals surface area contributed by atoms with Gasteiger partial charge in [0.2, 0.25) is 11.8 Å². The van der Waals surface area contributed by atoms with E-state index in [1.54, 1.807) is 31.2 Å². The monoisotopic (exact) mass is 414 g/mol. The van der Waals surface area contributed by atoms with Crippen molar-refractivity contribution in [3.05, 3.63) is 74.6 Å². The summed E-state index contributed by atoms with van der Waals surface area (Å²) in [4.78, 5) is 25.3. The fourth-order valence-corrected chi connectivity index (χ4v) is 3.19. The maximum atomic E-state index is 13.1. The van der Waals surface area contributed by atoms with Gasteiger partial charge in [0, 0.05) is 23.7 Å². The van der Waals surface area contributed by atoms with Gasteiger partial charge in [0.05, 0.1) is 22.1 Å². The van der Waals surface area contributed by atoms with Gasteiger partial charge < -0.3 is 9.32 Å². The summed E-state index contributed by atoms with van der Waals surface area (Å²) in [6.45, 7) is 4.03. The van der Waals surface area contributed by atoms with E-state index in [1.165, 1.54) is 17.0 Å². The van der Waals surface area contributed by atoms with E-state index in [9.17, 15) is 14.9 Å². The van der Waals surface area contributed by atoms with Crippen LogP contribution < -0.4 is 0 Å². The van der Waals surface area contributed by atoms with Crippen LogP contribution in [0.4, 0.5) is 5.69 Å². The molecule has 1 heterocycles. The summed E-state index contributed by atoms with van der Waals surface area (Å²) in [6, 6.07) is 11.6. The molecule has 29 heavy (non-hydrogen) atoms. The molecule has 0 bridgehead atoms. The lowest BCUT2D eigenvalue weighted by molar-refractivity contribution is -0.385. The zero-order valence-corrected chi connectivity index (χ0v) is 16.7. The van der Waals surface area contributed by atoms with E-state index in [0.29, 0.717) is 29.1 Å². The second-order valence-corrected chi connectivity index (χ2v) is 6.82. The third-order valence-corrected chi connectivity index (χ3v) is 4.74. The van der Waals surface area contributed by atoms with Crippen LogP contribution in [0.25, 0.3) is 11.5 Å². The quantitative estimate of drug-likeness (QED) is 0.411. The molecule has 1 amide bonds. The molecule has 150 valence electrons. The Morgan fingerprint density at radius 1 is 1.21 bits per heavy atom. The summed E-state index contributed by atoms with van der Waals surface area (Å²) in [6.07, 6.45) is 0.700. The molecule has 1 aromatic heterocycles. The number of carbonyl (C=O) groups excluding carboxylic acids is 1. The van der Waals surface area contributed by atoms with Crippen molar-refractivity contribution in [3.63, 3.8) is 0 Å². The molecule has 0 aliphatic heterocycles. The fraction of sp³-hybridized carbons (Fsp3) is 0.250. The molecule has 0 radical (unpaired) electrons. The van der Waals surface area contributed by atoms with E-state index in [1.807, 2.05) is 13.0 Å². The van der Waals surface area contributed by atoms with Gasteiger partial charge in [-0.25, -0.2) is 0 Å². The first kappa shape index (κ1) is 20.5. The Labute approximate surface area is 172 Å². The average molecular weight is 415 g/mol. The lowest BCUT2D eigenvalue weighted by Crippen LogP contribution is -2.32. The molecule has 0 unspecified atom stereocenters. The van der Waals surface area contributed by atoms with Gasteiger partial charge in [0.15, 0.2) is 0 Å². The molecule has 9 heteroatoms. The van der Waals surface area contributed by atoms with Gasteiger partial charge in [-0.2, -0.15) is 0 Å². The maximum absolute atomic E-state index is 13.1. The molecular weight excluding hydrogens is 396 g/mol. The highest BCUT2D eigenvalue weighted by molar-refractivity contribution is 6.33. The number of nitrogens with zero attached hydrogens (tertiary/aromatic N) is 4. The third-order valence-electron chi connectivity index (χ3n) is 4.41. The highest BCUT2D eigenvalue weighted by atomic mass is 35.5. The Balaban J connectivity index is 1.86. The number of halogens is 1. The fourth-order valence-electron chi connectivity index (χ4n) is 2.97. The average Bonchev–Trinajstić information content (AvgIpc) is 3.16. The molecule has 3 aromatic rings. The van der Waals surface area contributed by atoms with Crippen LogP contribution >= 0.6 is 11.6 Å². The first-order valence-corrected chi connectivity index (χ1v) is 9.40. The van der Waals surface area contributed by atoms with Gasteiger partial charge in [0.25, 0.3) is 11.6 Å². The number of hydrogen-bond donors (Lipinski definition) is 0. The first-order valence-electron chi connectivity index (χ1n) is 9.03. The van der Waals surface area contributed by atoms with Crippen LogP contribution in [-0.4, -0.2) is 32.5 Å². The smallest absolute Gasteiger partial charge is 0.273 e. The largest absolute Gasteiger partial charge is 0.419 e. The van der Waals surface area contributed by atoms with Crippen LogP contribution in [-0.2, 0) is 6.54 Å². The van der Waals surface area contributed by atoms with E-state index < -0.39 is 4.92 Å². The van der Waals surface area contributed by atoms with Crippen LogP contribution in [0.1, 0.15) is 35.2 Å². The maximum Gasteiger partial charge on any atom is 0.273 e. The minimum Gasteiger partial charge on any atom is -0.419 e. The van der Waals surface area contributed by atoms with Crippen molar-refractivity contribution in [2.45, 2.75) is 26.8 Å². The van der Waals surface area contributed by atoms with Crippen LogP contribution in [0, 0.1) is 17.0 Å². The minimum absolute atomic E-state index is 0.0895. The molecule has 0 fully saturated rings. The van der Waals surface area contributed by atoms with Crippen molar-refractivity contribution in [1.29, 1.82) is 0 Å². The number of carbonyl (C=O) groups is 1. The van der Waals surface area contributed by atoms with Gasteiger partial charge in [-0.1, -0.05) is 36.7 Å². The Morgan fingerprint density at radius 2 is 1.97 bits per heavy atom. The van der Waals surface area contributed by atoms with Crippen LogP contribution in [0.15, 0.2) is 46.9 Å². The molecule has 8 nitrogen and oxygen atoms in total. The summed E-state index contributed by atoms with van der Waals surface area (Å²) in [5, 5.41) is 19.7. The number of rotatable bonds is 7. The second kappa shape index (κ2) is 8.83. The molecule has 2 aromatic carbocycles. The Kier molecular flexibility index (Phi) is 6.23. The van der Waals surface area contributed by atoms with Gasteiger partial charge in [-0.15, -0.1) is 10.2 Å². The van der Waals surface area contributed by atoms with E-state index in [4.69, 9.17) is 16.0 Å². The van der Waals surface area contributed by atoms with Gasteiger partial charge >= 0.3 is 0 Å². The molecule has 0 aliphatic carbocycles. The van der Waals surface area contributed by atoms with E-state index in [-0.39, 0.29) is 35.5 Å². The van der Waals surface area contributed by atoms with E-state index >= 15 is 0 Å². The van der Waals surface area contributed by atoms with Crippen molar-refractivity contribution in [2.24, 2.45) is 0 Å². The standard InChI is InChI=1S/C20H19ClN4O4/c1-3-11-24(20(26)14-8-6-10-17(13(14)2)25(27)28)12-18-22-23-19(29-18)15-7-4-5-9-16(15)21/h4-10H,3,11-12H2,1-2H3. The molecule has 0 N–H and O–H groups in total. The van der Waals surface area contributed by atoms with Gasteiger partial charge in [-0.05, 0) is 31.5 Å². The molecule has 0 aliphatic rings. The van der Waals surface area contributed by atoms with Crippen molar-refractivity contribution in [1.82, 2.24) is 15.1 Å². The van der Waals surface area contributed by atoms with Crippen molar-refractivity contribution < 1.29 is 14.1 Å². The number of amides is 1. The number of aromatic nitrogens is 2. The van der Waals surface area contributed by atoms with Crippen molar-refractivity contribution in [3.8, 4) is 11.5 Å². The Morgan fingerprint density at radius 3 is 2.66 bits per heavy atom. The number of nitro groups is 1. The molecule has 0 saturated heterocycles. The minimum atomic E-state index is -0.496. The topological polar surface area (TPSA) is 102 Å². The van der Waals surface area contributed by atoms with Crippen LogP contribution in [0.5, 0.6) is 0 Å². The molecular formula is C20H19ClN4O4. The van der Waals surface area contributed by atoms with E-state index in [0.717, 1.165) is 0 Å². The third kappa shape index (κ3) is 4.43. The summed E-state index contributed by atoms with van der Waals surface area (Å²) >= 11 is 6.16. The summed E-state index contributed by atoms with van der Waals surface area (Å²) in [5.74, 6) is 0.191. The van der Waals surface area contributed by atoms with E-state index in [2.05, 4.69) is 10.2 Å². The zero-order valence-electron chi connectivity index (χ0n) is 16.0. The molecule has 3 rings (SSSR count). The number of nitro benzene ring substituents is 1. The SMILES string of the molecule is CCCN(Cc1nnc(-c2ccccc2Cl)o1)C(=O)c1cccc([N+](=O)[O-])c1C. The second-order valence-electron chi connectivity index (χ2n) is 6.41. The Hall–Kier alpha value is -3.26. The highest BCUT2D eigenvalue weighted by Gasteiger charge is 2.24. The highest BCUT2D eigenvalue weighted by Crippen LogP contribution is 2.27. The summed E-state index contributed by atoms with van der Waals surface area (Å²) in [5.41, 5.74) is 1.12. The van der Waals surface area contributed by atoms with Crippen molar-refractivity contribution >= 4 is 23.2 Å². The summed E-state index contributed by atoms with van der Waals surface area (Å²) in [7, 11) is 0. The normalized spacial score (nSPS) is 10.7. The lowest BCUT2D eigenvalue weighted by atomic mass is 10.1. The molecule has 0 saturated carbocycles. The number of hydrogen-bond acceptors (Lipinski definition) is 6. The van der Waals surface area contributed by atoms with Crippen molar-refractivity contribution in [2.75, 3.05) is 6.54 Å².